The van der Waals surface area contributed by atoms with Gasteiger partial charge in [-0.15, -0.1) is 6.58 Å². The predicted octanol–water partition coefficient (Wildman–Crippen LogP) is 3.40. The first-order valence-corrected chi connectivity index (χ1v) is 10.4. The van der Waals surface area contributed by atoms with Gasteiger partial charge in [-0.05, 0) is 30.7 Å². The molecule has 2 aromatic rings. The molecule has 0 bridgehead atoms. The summed E-state index contributed by atoms with van der Waals surface area (Å²) in [6.45, 7) is 6.50. The molecule has 0 radical (unpaired) electrons. The van der Waals surface area contributed by atoms with E-state index in [-0.39, 0.29) is 17.3 Å². The summed E-state index contributed by atoms with van der Waals surface area (Å²) < 4.78 is 5.83. The van der Waals surface area contributed by atoms with Gasteiger partial charge < -0.3 is 21.1 Å². The average Bonchev–Trinajstić information content (AvgIpc) is 3.10. The number of pyridine rings is 1. The normalized spacial score (nSPS) is 21.2. The highest BCUT2D eigenvalue weighted by atomic mass is 35.5. The molecule has 28 heavy (non-hydrogen) atoms. The molecule has 2 aliphatic rings. The number of nitrogens with zero attached hydrogens (tertiary/aromatic N) is 4. The lowest BCUT2D eigenvalue weighted by atomic mass is 9.76. The maximum atomic E-state index is 6.21. The zero-order valence-electron chi connectivity index (χ0n) is 15.5. The van der Waals surface area contributed by atoms with Gasteiger partial charge in [0.05, 0.1) is 23.9 Å². The van der Waals surface area contributed by atoms with Crippen molar-refractivity contribution in [2.75, 3.05) is 36.1 Å². The van der Waals surface area contributed by atoms with Crippen molar-refractivity contribution in [3.8, 4) is 0 Å². The monoisotopic (exact) mass is 418 g/mol. The minimum atomic E-state index is 0.187. The van der Waals surface area contributed by atoms with Crippen LogP contribution in [0.2, 0.25) is 5.02 Å². The van der Waals surface area contributed by atoms with E-state index in [9.17, 15) is 0 Å². The van der Waals surface area contributed by atoms with Gasteiger partial charge in [0.15, 0.2) is 5.82 Å². The Hall–Kier alpha value is -2.03. The highest BCUT2D eigenvalue weighted by molar-refractivity contribution is 7.99. The quantitative estimate of drug-likeness (QED) is 0.728. The third kappa shape index (κ3) is 3.76. The van der Waals surface area contributed by atoms with Gasteiger partial charge in [0, 0.05) is 24.2 Å². The molecule has 7 nitrogen and oxygen atoms in total. The summed E-state index contributed by atoms with van der Waals surface area (Å²) in [5.41, 5.74) is 12.2. The summed E-state index contributed by atoms with van der Waals surface area (Å²) in [6.07, 6.45) is 8.67. The van der Waals surface area contributed by atoms with E-state index in [4.69, 9.17) is 27.8 Å². The van der Waals surface area contributed by atoms with Gasteiger partial charge in [-0.2, -0.15) is 0 Å². The van der Waals surface area contributed by atoms with Crippen LogP contribution >= 0.6 is 23.4 Å². The van der Waals surface area contributed by atoms with Crippen LogP contribution in [-0.2, 0) is 4.74 Å². The molecule has 4 N–H and O–H groups in total. The second-order valence-electron chi connectivity index (χ2n) is 7.31. The summed E-state index contributed by atoms with van der Waals surface area (Å²) >= 11 is 7.54. The Balaban J connectivity index is 1.44. The number of anilines is 3. The SMILES string of the molecule is C=C[C@H]1CC2(CCN(c3cnc(Sc4ccnc(N)c4Cl)c(N)n3)CC2)CO1. The van der Waals surface area contributed by atoms with Crippen molar-refractivity contribution in [2.45, 2.75) is 35.3 Å². The Morgan fingerprint density at radius 3 is 2.75 bits per heavy atom. The highest BCUT2D eigenvalue weighted by Crippen LogP contribution is 2.43. The van der Waals surface area contributed by atoms with Gasteiger partial charge >= 0.3 is 0 Å². The van der Waals surface area contributed by atoms with Crippen LogP contribution in [0.25, 0.3) is 0 Å². The van der Waals surface area contributed by atoms with Gasteiger partial charge in [0.1, 0.15) is 16.7 Å². The Morgan fingerprint density at radius 1 is 1.29 bits per heavy atom. The van der Waals surface area contributed by atoms with Crippen LogP contribution in [0.5, 0.6) is 0 Å². The number of halogens is 1. The Labute approximate surface area is 173 Å². The lowest BCUT2D eigenvalue weighted by Gasteiger charge is -2.38. The Bertz CT molecular complexity index is 887. The van der Waals surface area contributed by atoms with Crippen molar-refractivity contribution in [3.05, 3.63) is 36.1 Å². The Morgan fingerprint density at radius 2 is 2.07 bits per heavy atom. The number of nitrogen functional groups attached to an aromatic ring is 2. The van der Waals surface area contributed by atoms with Crippen molar-refractivity contribution in [1.29, 1.82) is 0 Å². The molecule has 2 saturated heterocycles. The molecule has 0 aromatic carbocycles. The molecular weight excluding hydrogens is 396 g/mol. The average molecular weight is 419 g/mol. The number of aromatic nitrogens is 3. The molecular formula is C19H23ClN6OS. The largest absolute Gasteiger partial charge is 0.382 e. The van der Waals surface area contributed by atoms with E-state index in [0.29, 0.717) is 15.9 Å². The maximum absolute atomic E-state index is 6.21. The zero-order chi connectivity index (χ0) is 19.7. The van der Waals surface area contributed by atoms with E-state index < -0.39 is 0 Å². The third-order valence-electron chi connectivity index (χ3n) is 5.49. The van der Waals surface area contributed by atoms with E-state index >= 15 is 0 Å². The second kappa shape index (κ2) is 7.77. The van der Waals surface area contributed by atoms with Crippen molar-refractivity contribution in [3.63, 3.8) is 0 Å². The first-order chi connectivity index (χ1) is 13.5. The summed E-state index contributed by atoms with van der Waals surface area (Å²) in [4.78, 5) is 16.0. The number of hydrogen-bond acceptors (Lipinski definition) is 8. The van der Waals surface area contributed by atoms with E-state index in [1.54, 1.807) is 18.5 Å². The van der Waals surface area contributed by atoms with Crippen LogP contribution in [0.4, 0.5) is 17.5 Å². The van der Waals surface area contributed by atoms with Crippen molar-refractivity contribution in [2.24, 2.45) is 5.41 Å². The minimum absolute atomic E-state index is 0.187. The van der Waals surface area contributed by atoms with Gasteiger partial charge in [0.2, 0.25) is 0 Å². The van der Waals surface area contributed by atoms with Crippen molar-refractivity contribution < 1.29 is 4.74 Å². The molecule has 1 spiro atoms. The number of nitrogens with two attached hydrogens (primary N) is 2. The smallest absolute Gasteiger partial charge is 0.158 e. The summed E-state index contributed by atoms with van der Waals surface area (Å²) in [5, 5.41) is 0.999. The first-order valence-electron chi connectivity index (χ1n) is 9.19. The minimum Gasteiger partial charge on any atom is -0.382 e. The lowest BCUT2D eigenvalue weighted by Crippen LogP contribution is -2.41. The predicted molar refractivity (Wildman–Crippen MR) is 113 cm³/mol. The van der Waals surface area contributed by atoms with E-state index in [2.05, 4.69) is 26.4 Å². The fourth-order valence-corrected chi connectivity index (χ4v) is 4.79. The van der Waals surface area contributed by atoms with Crippen molar-refractivity contribution >= 4 is 40.8 Å². The summed E-state index contributed by atoms with van der Waals surface area (Å²) in [7, 11) is 0. The number of rotatable bonds is 4. The molecule has 2 fully saturated rings. The third-order valence-corrected chi connectivity index (χ3v) is 7.06. The topological polar surface area (TPSA) is 103 Å². The molecule has 2 aliphatic heterocycles. The van der Waals surface area contributed by atoms with Crippen LogP contribution in [0.1, 0.15) is 19.3 Å². The Kier molecular flexibility index (Phi) is 5.35. The molecule has 4 heterocycles. The zero-order valence-corrected chi connectivity index (χ0v) is 17.0. The van der Waals surface area contributed by atoms with E-state index in [1.165, 1.54) is 11.8 Å². The molecule has 0 saturated carbocycles. The van der Waals surface area contributed by atoms with Crippen LogP contribution in [0.15, 0.2) is 41.0 Å². The van der Waals surface area contributed by atoms with Crippen LogP contribution in [0, 0.1) is 5.41 Å². The number of hydrogen-bond donors (Lipinski definition) is 2. The molecule has 148 valence electrons. The molecule has 9 heteroatoms. The van der Waals surface area contributed by atoms with Gasteiger partial charge in [-0.3, -0.25) is 0 Å². The standard InChI is InChI=1S/C19H23ClN6OS/c1-2-12-9-19(11-27-12)4-7-26(8-5-19)14-10-24-18(17(22)25-14)28-13-3-6-23-16(21)15(13)20/h2-3,6,10,12H,1,4-5,7-9,11H2,(H2,21,23)(H2,22,25)/t12-/m0/s1. The fraction of sp³-hybridized carbons (Fsp3) is 0.421. The van der Waals surface area contributed by atoms with Crippen LogP contribution < -0.4 is 16.4 Å². The summed E-state index contributed by atoms with van der Waals surface area (Å²) in [6, 6.07) is 1.78. The van der Waals surface area contributed by atoms with Crippen LogP contribution in [0.3, 0.4) is 0 Å². The van der Waals surface area contributed by atoms with E-state index in [0.717, 1.165) is 49.7 Å². The van der Waals surface area contributed by atoms with Gasteiger partial charge in [0.25, 0.3) is 0 Å². The maximum Gasteiger partial charge on any atom is 0.158 e. The number of piperidine rings is 1. The fourth-order valence-electron chi connectivity index (χ4n) is 3.78. The van der Waals surface area contributed by atoms with E-state index in [1.807, 2.05) is 6.08 Å². The molecule has 0 unspecified atom stereocenters. The first kappa shape index (κ1) is 19.3. The second-order valence-corrected chi connectivity index (χ2v) is 8.71. The molecule has 1 atom stereocenters. The molecule has 4 rings (SSSR count). The molecule has 0 amide bonds. The van der Waals surface area contributed by atoms with Gasteiger partial charge in [-0.1, -0.05) is 29.4 Å². The summed E-state index contributed by atoms with van der Waals surface area (Å²) in [5.74, 6) is 1.47. The number of ether oxygens (including phenoxy) is 1. The molecule has 2 aromatic heterocycles. The lowest BCUT2D eigenvalue weighted by molar-refractivity contribution is 0.109. The highest BCUT2D eigenvalue weighted by Gasteiger charge is 2.41. The van der Waals surface area contributed by atoms with Gasteiger partial charge in [-0.25, -0.2) is 15.0 Å². The molecule has 0 aliphatic carbocycles. The van der Waals surface area contributed by atoms with Crippen LogP contribution in [-0.4, -0.2) is 40.8 Å². The van der Waals surface area contributed by atoms with Crippen molar-refractivity contribution in [1.82, 2.24) is 15.0 Å².